The molecular weight excluding hydrogens is 409 g/mol. The van der Waals surface area contributed by atoms with Gasteiger partial charge in [-0.05, 0) is 65.0 Å². The molecule has 8 nitrogen and oxygen atoms in total. The molecule has 0 amide bonds. The third-order valence-corrected chi connectivity index (χ3v) is 7.16. The van der Waals surface area contributed by atoms with E-state index in [1.165, 1.54) is 10.7 Å². The Morgan fingerprint density at radius 2 is 1.94 bits per heavy atom. The van der Waals surface area contributed by atoms with E-state index in [9.17, 15) is 5.11 Å². The van der Waals surface area contributed by atoms with Crippen molar-refractivity contribution in [2.75, 3.05) is 5.32 Å². The van der Waals surface area contributed by atoms with Gasteiger partial charge in [0.1, 0.15) is 11.3 Å². The predicted octanol–water partition coefficient (Wildman–Crippen LogP) is 4.03. The quantitative estimate of drug-likeness (QED) is 0.503. The average molecular weight is 436 g/mol. The second-order valence-electron chi connectivity index (χ2n) is 9.73. The zero-order valence-corrected chi connectivity index (χ0v) is 18.4. The van der Waals surface area contributed by atoms with Crippen LogP contribution in [0.2, 0.25) is 0 Å². The highest BCUT2D eigenvalue weighted by atomic mass is 19.1. The van der Waals surface area contributed by atoms with E-state index < -0.39 is 11.4 Å². The Bertz CT molecular complexity index is 1360. The van der Waals surface area contributed by atoms with E-state index in [1.807, 2.05) is 13.0 Å². The Kier molecular flexibility index (Phi) is 3.97. The van der Waals surface area contributed by atoms with Gasteiger partial charge in [0, 0.05) is 11.6 Å². The number of aryl methyl sites for hydroxylation is 1. The minimum atomic E-state index is -0.561. The van der Waals surface area contributed by atoms with Gasteiger partial charge in [0.2, 0.25) is 5.95 Å². The van der Waals surface area contributed by atoms with E-state index in [1.54, 1.807) is 12.3 Å². The standard InChI is InChI=1S/C23H26FN7O/c1-13(2)31-14(3)26-17-5-4-16(27-20(17)31)19-15(24)11-30-18(19)10-25-21(29-30)28-22-6-8-23(32,12-22)9-7-22/h4-5,10-11,13,32H,6-9,12H2,1-3H3,(H,28,29). The number of fused-ring (bicyclic) bond motifs is 4. The first-order valence-electron chi connectivity index (χ1n) is 11.2. The Morgan fingerprint density at radius 3 is 2.62 bits per heavy atom. The summed E-state index contributed by atoms with van der Waals surface area (Å²) in [5.74, 6) is 0.929. The summed E-state index contributed by atoms with van der Waals surface area (Å²) in [7, 11) is 0. The maximum absolute atomic E-state index is 15.1. The van der Waals surface area contributed by atoms with E-state index >= 15 is 4.39 Å². The number of imidazole rings is 1. The van der Waals surface area contributed by atoms with E-state index in [-0.39, 0.29) is 11.6 Å². The molecule has 2 N–H and O–H groups in total. The van der Waals surface area contributed by atoms with Crippen molar-refractivity contribution < 1.29 is 9.50 Å². The molecule has 0 aromatic carbocycles. The van der Waals surface area contributed by atoms with Crippen molar-refractivity contribution in [3.05, 3.63) is 36.2 Å². The van der Waals surface area contributed by atoms with Gasteiger partial charge >= 0.3 is 0 Å². The first kappa shape index (κ1) is 19.6. The van der Waals surface area contributed by atoms with Gasteiger partial charge in [0.15, 0.2) is 11.5 Å². The van der Waals surface area contributed by atoms with Crippen LogP contribution in [0.5, 0.6) is 0 Å². The molecule has 0 unspecified atom stereocenters. The van der Waals surface area contributed by atoms with Gasteiger partial charge in [-0.3, -0.25) is 0 Å². The predicted molar refractivity (Wildman–Crippen MR) is 119 cm³/mol. The monoisotopic (exact) mass is 435 g/mol. The van der Waals surface area contributed by atoms with Crippen LogP contribution in [0.4, 0.5) is 10.3 Å². The molecule has 166 valence electrons. The second-order valence-corrected chi connectivity index (χ2v) is 9.73. The first-order valence-corrected chi connectivity index (χ1v) is 11.2. The summed E-state index contributed by atoms with van der Waals surface area (Å²) in [6.45, 7) is 6.11. The number of aromatic nitrogens is 6. The molecule has 6 rings (SSSR count). The number of hydrogen-bond acceptors (Lipinski definition) is 6. The molecule has 2 fully saturated rings. The van der Waals surface area contributed by atoms with Crippen LogP contribution in [-0.2, 0) is 0 Å². The Morgan fingerprint density at radius 1 is 1.16 bits per heavy atom. The smallest absolute Gasteiger partial charge is 0.241 e. The van der Waals surface area contributed by atoms with Crippen LogP contribution in [-0.4, -0.2) is 45.4 Å². The van der Waals surface area contributed by atoms with Crippen molar-refractivity contribution in [2.45, 2.75) is 70.1 Å². The lowest BCUT2D eigenvalue weighted by Gasteiger charge is -2.27. The number of nitrogens with zero attached hydrogens (tertiary/aromatic N) is 6. The third kappa shape index (κ3) is 2.83. The largest absolute Gasteiger partial charge is 0.390 e. The molecular formula is C23H26FN7O. The van der Waals surface area contributed by atoms with E-state index in [2.05, 4.69) is 38.8 Å². The van der Waals surface area contributed by atoms with Crippen molar-refractivity contribution in [1.29, 1.82) is 0 Å². The summed E-state index contributed by atoms with van der Waals surface area (Å²) < 4.78 is 18.7. The highest BCUT2D eigenvalue weighted by molar-refractivity contribution is 5.83. The topological polar surface area (TPSA) is 93.2 Å². The van der Waals surface area contributed by atoms with Crippen LogP contribution in [0.25, 0.3) is 27.9 Å². The second kappa shape index (κ2) is 6.48. The zero-order valence-electron chi connectivity index (χ0n) is 18.4. The lowest BCUT2D eigenvalue weighted by molar-refractivity contribution is 0.0521. The summed E-state index contributed by atoms with van der Waals surface area (Å²) in [5, 5.41) is 18.4. The maximum Gasteiger partial charge on any atom is 0.241 e. The molecule has 2 aliphatic rings. The molecule has 0 radical (unpaired) electrons. The van der Waals surface area contributed by atoms with Crippen molar-refractivity contribution in [2.24, 2.45) is 0 Å². The molecule has 32 heavy (non-hydrogen) atoms. The van der Waals surface area contributed by atoms with Crippen LogP contribution in [0.15, 0.2) is 24.5 Å². The summed E-state index contributed by atoms with van der Waals surface area (Å²) in [6.07, 6.45) is 7.09. The zero-order chi connectivity index (χ0) is 22.3. The molecule has 2 aliphatic carbocycles. The lowest BCUT2D eigenvalue weighted by atomic mass is 9.93. The van der Waals surface area contributed by atoms with Gasteiger partial charge in [-0.1, -0.05) is 0 Å². The molecule has 0 atom stereocenters. The third-order valence-electron chi connectivity index (χ3n) is 7.16. The minimum Gasteiger partial charge on any atom is -0.390 e. The fourth-order valence-corrected chi connectivity index (χ4v) is 5.67. The van der Waals surface area contributed by atoms with E-state index in [4.69, 9.17) is 4.98 Å². The van der Waals surface area contributed by atoms with Crippen LogP contribution in [0, 0.1) is 12.7 Å². The average Bonchev–Trinajstić information content (AvgIpc) is 3.43. The molecule has 2 bridgehead atoms. The van der Waals surface area contributed by atoms with Gasteiger partial charge in [-0.25, -0.2) is 23.9 Å². The van der Waals surface area contributed by atoms with Gasteiger partial charge in [-0.2, -0.15) is 0 Å². The lowest BCUT2D eigenvalue weighted by Crippen LogP contribution is -2.34. The maximum atomic E-state index is 15.1. The number of nitrogens with one attached hydrogen (secondary N) is 1. The van der Waals surface area contributed by atoms with Crippen LogP contribution < -0.4 is 5.32 Å². The van der Waals surface area contributed by atoms with Crippen molar-refractivity contribution in [3.63, 3.8) is 0 Å². The fourth-order valence-electron chi connectivity index (χ4n) is 5.67. The Labute approximate surface area is 184 Å². The van der Waals surface area contributed by atoms with Gasteiger partial charge in [-0.15, -0.1) is 5.10 Å². The minimum absolute atomic E-state index is 0.170. The van der Waals surface area contributed by atoms with Crippen molar-refractivity contribution in [1.82, 2.24) is 29.1 Å². The highest BCUT2D eigenvalue weighted by Gasteiger charge is 2.53. The SMILES string of the molecule is Cc1nc2ccc(-c3c(F)cn4nc(NC56CCC(O)(CC5)C6)ncc34)nc2n1C(C)C. The molecule has 0 aliphatic heterocycles. The molecule has 4 heterocycles. The number of halogens is 1. The van der Waals surface area contributed by atoms with Crippen LogP contribution >= 0.6 is 0 Å². The van der Waals surface area contributed by atoms with Crippen molar-refractivity contribution >= 4 is 22.6 Å². The van der Waals surface area contributed by atoms with Gasteiger partial charge in [0.05, 0.1) is 34.8 Å². The van der Waals surface area contributed by atoms with Crippen LogP contribution in [0.3, 0.4) is 0 Å². The summed E-state index contributed by atoms with van der Waals surface area (Å²) in [6, 6.07) is 3.86. The van der Waals surface area contributed by atoms with Crippen molar-refractivity contribution in [3.8, 4) is 11.3 Å². The number of aliphatic hydroxyl groups is 1. The highest BCUT2D eigenvalue weighted by Crippen LogP contribution is 2.51. The number of hydrogen-bond donors (Lipinski definition) is 2. The number of rotatable bonds is 4. The summed E-state index contributed by atoms with van der Waals surface area (Å²) in [4.78, 5) is 13.8. The molecule has 2 saturated carbocycles. The van der Waals surface area contributed by atoms with E-state index in [0.29, 0.717) is 29.1 Å². The summed E-state index contributed by atoms with van der Waals surface area (Å²) in [5.41, 5.74) is 2.26. The molecule has 0 spiro atoms. The molecule has 0 saturated heterocycles. The number of anilines is 1. The fraction of sp³-hybridized carbons (Fsp3) is 0.478. The molecule has 9 heteroatoms. The van der Waals surface area contributed by atoms with Crippen LogP contribution in [0.1, 0.15) is 57.8 Å². The Balaban J connectivity index is 1.40. The van der Waals surface area contributed by atoms with E-state index in [0.717, 1.165) is 42.7 Å². The first-order chi connectivity index (χ1) is 15.3. The molecule has 4 aromatic rings. The summed E-state index contributed by atoms with van der Waals surface area (Å²) >= 11 is 0. The van der Waals surface area contributed by atoms with Gasteiger partial charge < -0.3 is 15.0 Å². The number of pyridine rings is 1. The van der Waals surface area contributed by atoms with Gasteiger partial charge in [0.25, 0.3) is 0 Å². The Hall–Kier alpha value is -3.07. The normalized spacial score (nSPS) is 24.9. The molecule has 4 aromatic heterocycles.